The van der Waals surface area contributed by atoms with Gasteiger partial charge in [-0.05, 0) is 73.8 Å². The molecule has 2 aliphatic rings. The lowest BCUT2D eigenvalue weighted by molar-refractivity contribution is 0.794. The van der Waals surface area contributed by atoms with Crippen LogP contribution in [0.15, 0.2) is 176 Å². The molecule has 0 atom stereocenters. The molecular weight excluding hydrogens is 595 g/mol. The molecule has 0 saturated carbocycles. The summed E-state index contributed by atoms with van der Waals surface area (Å²) < 4.78 is 0. The Balaban J connectivity index is 1.16. The van der Waals surface area contributed by atoms with Crippen molar-refractivity contribution in [3.8, 4) is 67.3 Å². The highest BCUT2D eigenvalue weighted by Crippen LogP contribution is 2.62. The van der Waals surface area contributed by atoms with Crippen molar-refractivity contribution in [1.29, 1.82) is 0 Å². The number of hydrogen-bond acceptors (Lipinski definition) is 3. The van der Waals surface area contributed by atoms with Crippen molar-refractivity contribution < 1.29 is 0 Å². The SMILES string of the molecule is c1ccc(-c2nc(-c3ccc(-c4cccnc4)cc3)cc(-c3ccc4c(c3)-c3ccccc3C43c4ccccc4-c4ccccc43)n2)cc1. The minimum atomic E-state index is -0.361. The number of fused-ring (bicyclic) bond motifs is 10. The number of pyridine rings is 1. The predicted molar refractivity (Wildman–Crippen MR) is 198 cm³/mol. The van der Waals surface area contributed by atoms with Crippen LogP contribution in [0.5, 0.6) is 0 Å². The monoisotopic (exact) mass is 623 g/mol. The smallest absolute Gasteiger partial charge is 0.160 e. The topological polar surface area (TPSA) is 38.7 Å². The quantitative estimate of drug-likeness (QED) is 0.196. The molecule has 0 fully saturated rings. The summed E-state index contributed by atoms with van der Waals surface area (Å²) in [5, 5.41) is 0. The van der Waals surface area contributed by atoms with E-state index in [4.69, 9.17) is 9.97 Å². The summed E-state index contributed by atoms with van der Waals surface area (Å²) in [4.78, 5) is 14.6. The van der Waals surface area contributed by atoms with Crippen molar-refractivity contribution >= 4 is 0 Å². The average Bonchev–Trinajstić information content (AvgIpc) is 3.65. The third kappa shape index (κ3) is 4.12. The molecule has 2 aliphatic carbocycles. The Kier molecular flexibility index (Phi) is 6.09. The second-order valence-corrected chi connectivity index (χ2v) is 12.8. The maximum absolute atomic E-state index is 5.19. The fourth-order valence-electron chi connectivity index (χ4n) is 8.09. The van der Waals surface area contributed by atoms with Gasteiger partial charge in [0.05, 0.1) is 16.8 Å². The molecule has 0 unspecified atom stereocenters. The molecule has 6 aromatic carbocycles. The Morgan fingerprint density at radius 2 is 0.857 bits per heavy atom. The molecule has 0 amide bonds. The third-order valence-electron chi connectivity index (χ3n) is 10.2. The summed E-state index contributed by atoms with van der Waals surface area (Å²) in [5.74, 6) is 0.709. The number of rotatable bonds is 4. The van der Waals surface area contributed by atoms with Crippen LogP contribution < -0.4 is 0 Å². The molecule has 3 nitrogen and oxygen atoms in total. The van der Waals surface area contributed by atoms with Crippen molar-refractivity contribution in [2.45, 2.75) is 5.41 Å². The zero-order valence-corrected chi connectivity index (χ0v) is 26.6. The molecule has 0 N–H and O–H groups in total. The van der Waals surface area contributed by atoms with Gasteiger partial charge in [-0.1, -0.05) is 146 Å². The summed E-state index contributed by atoms with van der Waals surface area (Å²) >= 11 is 0. The first-order valence-electron chi connectivity index (χ1n) is 16.7. The molecule has 3 heteroatoms. The van der Waals surface area contributed by atoms with Gasteiger partial charge in [-0.3, -0.25) is 4.98 Å². The van der Waals surface area contributed by atoms with Crippen LogP contribution in [0.25, 0.3) is 67.3 Å². The third-order valence-corrected chi connectivity index (χ3v) is 10.2. The Labute approximate surface area is 285 Å². The molecule has 10 rings (SSSR count). The molecule has 0 saturated heterocycles. The van der Waals surface area contributed by atoms with Gasteiger partial charge >= 0.3 is 0 Å². The van der Waals surface area contributed by atoms with E-state index in [0.29, 0.717) is 5.82 Å². The minimum Gasteiger partial charge on any atom is -0.264 e. The molecule has 0 bridgehead atoms. The van der Waals surface area contributed by atoms with E-state index in [0.717, 1.165) is 39.2 Å². The lowest BCUT2D eigenvalue weighted by Crippen LogP contribution is -2.25. The van der Waals surface area contributed by atoms with Gasteiger partial charge in [-0.25, -0.2) is 9.97 Å². The first kappa shape index (κ1) is 27.6. The van der Waals surface area contributed by atoms with Crippen LogP contribution >= 0.6 is 0 Å². The van der Waals surface area contributed by atoms with Crippen LogP contribution in [0.2, 0.25) is 0 Å². The van der Waals surface area contributed by atoms with Gasteiger partial charge in [0.2, 0.25) is 0 Å². The molecule has 2 aromatic heterocycles. The van der Waals surface area contributed by atoms with E-state index in [2.05, 4.69) is 145 Å². The van der Waals surface area contributed by atoms with Crippen LogP contribution in [-0.2, 0) is 5.41 Å². The van der Waals surface area contributed by atoms with Crippen molar-refractivity contribution in [3.05, 3.63) is 198 Å². The van der Waals surface area contributed by atoms with Crippen molar-refractivity contribution in [2.24, 2.45) is 0 Å². The molecule has 49 heavy (non-hydrogen) atoms. The second-order valence-electron chi connectivity index (χ2n) is 12.8. The predicted octanol–water partition coefficient (Wildman–Crippen LogP) is 10.9. The van der Waals surface area contributed by atoms with E-state index < -0.39 is 0 Å². The Morgan fingerprint density at radius 3 is 1.49 bits per heavy atom. The first-order valence-corrected chi connectivity index (χ1v) is 16.7. The fraction of sp³-hybridized carbons (Fsp3) is 0.0217. The fourth-order valence-corrected chi connectivity index (χ4v) is 8.09. The van der Waals surface area contributed by atoms with E-state index in [1.165, 1.54) is 44.5 Å². The highest BCUT2D eigenvalue weighted by atomic mass is 14.9. The van der Waals surface area contributed by atoms with Gasteiger partial charge in [0.1, 0.15) is 0 Å². The van der Waals surface area contributed by atoms with Gasteiger partial charge in [0.25, 0.3) is 0 Å². The van der Waals surface area contributed by atoms with Gasteiger partial charge in [0, 0.05) is 29.1 Å². The molecule has 1 spiro atoms. The Bertz CT molecular complexity index is 2490. The highest BCUT2D eigenvalue weighted by molar-refractivity contribution is 5.96. The van der Waals surface area contributed by atoms with Crippen LogP contribution in [0.3, 0.4) is 0 Å². The summed E-state index contributed by atoms with van der Waals surface area (Å²) in [6.45, 7) is 0. The Hall–Kier alpha value is -6.45. The molecule has 0 radical (unpaired) electrons. The zero-order chi connectivity index (χ0) is 32.4. The van der Waals surface area contributed by atoms with Crippen LogP contribution in [-0.4, -0.2) is 15.0 Å². The van der Waals surface area contributed by atoms with E-state index in [-0.39, 0.29) is 5.41 Å². The van der Waals surface area contributed by atoms with Gasteiger partial charge < -0.3 is 0 Å². The van der Waals surface area contributed by atoms with Crippen molar-refractivity contribution in [2.75, 3.05) is 0 Å². The molecular formula is C46H29N3. The lowest BCUT2D eigenvalue weighted by Gasteiger charge is -2.30. The molecule has 228 valence electrons. The second kappa shape index (κ2) is 10.8. The summed E-state index contributed by atoms with van der Waals surface area (Å²) in [7, 11) is 0. The summed E-state index contributed by atoms with van der Waals surface area (Å²) in [6.07, 6.45) is 3.69. The van der Waals surface area contributed by atoms with E-state index in [9.17, 15) is 0 Å². The zero-order valence-electron chi connectivity index (χ0n) is 26.6. The van der Waals surface area contributed by atoms with Gasteiger partial charge in [0.15, 0.2) is 5.82 Å². The average molecular weight is 624 g/mol. The van der Waals surface area contributed by atoms with Crippen LogP contribution in [0.4, 0.5) is 0 Å². The maximum atomic E-state index is 5.19. The molecule has 0 aliphatic heterocycles. The highest BCUT2D eigenvalue weighted by Gasteiger charge is 2.51. The normalized spacial score (nSPS) is 13.1. The van der Waals surface area contributed by atoms with E-state index >= 15 is 0 Å². The molecule has 8 aromatic rings. The molecule has 2 heterocycles. The van der Waals surface area contributed by atoms with Crippen LogP contribution in [0, 0.1) is 0 Å². The largest absolute Gasteiger partial charge is 0.264 e. The van der Waals surface area contributed by atoms with E-state index in [1.54, 1.807) is 6.20 Å². The lowest BCUT2D eigenvalue weighted by atomic mass is 9.70. The number of nitrogens with zero attached hydrogens (tertiary/aromatic N) is 3. The van der Waals surface area contributed by atoms with Crippen molar-refractivity contribution in [1.82, 2.24) is 15.0 Å². The number of hydrogen-bond donors (Lipinski definition) is 0. The minimum absolute atomic E-state index is 0.361. The summed E-state index contributed by atoms with van der Waals surface area (Å²) in [6, 6.07) is 58.7. The summed E-state index contributed by atoms with van der Waals surface area (Å²) in [5.41, 5.74) is 17.2. The van der Waals surface area contributed by atoms with Gasteiger partial charge in [-0.15, -0.1) is 0 Å². The number of aromatic nitrogens is 3. The van der Waals surface area contributed by atoms with Gasteiger partial charge in [-0.2, -0.15) is 0 Å². The Morgan fingerprint density at radius 1 is 0.347 bits per heavy atom. The van der Waals surface area contributed by atoms with E-state index in [1.807, 2.05) is 30.5 Å². The first-order chi connectivity index (χ1) is 24.3. The maximum Gasteiger partial charge on any atom is 0.160 e. The van der Waals surface area contributed by atoms with Crippen LogP contribution in [0.1, 0.15) is 22.3 Å². The van der Waals surface area contributed by atoms with Crippen molar-refractivity contribution in [3.63, 3.8) is 0 Å². The number of benzene rings is 6. The standard InChI is InChI=1S/C46H29N3/c1-2-11-32(12-3-1)45-48-43(31-22-20-30(21-23-31)34-13-10-26-47-29-34)28-44(49-45)33-24-25-42-38(27-33)37-16-6-9-19-41(37)46(42)39-17-7-4-14-35(39)36-15-5-8-18-40(36)46/h1-29H.